The van der Waals surface area contributed by atoms with E-state index in [0.717, 1.165) is 11.1 Å². The van der Waals surface area contributed by atoms with E-state index >= 15 is 0 Å². The topological polar surface area (TPSA) is 54.3 Å². The fraction of sp³-hybridized carbons (Fsp3) is 0.238. The largest absolute Gasteiger partial charge is 0.326 e. The second kappa shape index (κ2) is 7.44. The van der Waals surface area contributed by atoms with Crippen LogP contribution >= 0.6 is 0 Å². The molecule has 0 aliphatic carbocycles. The number of para-hydroxylation sites is 1. The molecular formula is C21H23N3O2. The number of carbonyl (C=O) groups is 1. The Hall–Kier alpha value is -3.08. The van der Waals surface area contributed by atoms with Crippen molar-refractivity contribution in [1.29, 1.82) is 0 Å². The van der Waals surface area contributed by atoms with Gasteiger partial charge in [0.2, 0.25) is 0 Å². The molecule has 0 aliphatic rings. The van der Waals surface area contributed by atoms with Gasteiger partial charge in [-0.05, 0) is 24.1 Å². The Morgan fingerprint density at radius 1 is 1.04 bits per heavy atom. The Kier molecular flexibility index (Phi) is 5.07. The molecular weight excluding hydrogens is 326 g/mol. The van der Waals surface area contributed by atoms with Crippen LogP contribution in [-0.4, -0.2) is 17.6 Å². The number of urea groups is 1. The number of aromatic nitrogens is 1. The van der Waals surface area contributed by atoms with E-state index in [9.17, 15) is 9.59 Å². The Bertz CT molecular complexity index is 977. The minimum atomic E-state index is -0.254. The molecule has 0 atom stereocenters. The second-order valence-electron chi connectivity index (χ2n) is 6.76. The predicted octanol–water partition coefficient (Wildman–Crippen LogP) is 4.33. The van der Waals surface area contributed by atoms with Crippen LogP contribution in [-0.2, 0) is 6.54 Å². The first-order valence-electron chi connectivity index (χ1n) is 8.69. The summed E-state index contributed by atoms with van der Waals surface area (Å²) in [7, 11) is 1.72. The molecule has 0 bridgehead atoms. The predicted molar refractivity (Wildman–Crippen MR) is 107 cm³/mol. The highest BCUT2D eigenvalue weighted by molar-refractivity contribution is 6.06. The molecule has 0 saturated heterocycles. The average molecular weight is 349 g/mol. The summed E-state index contributed by atoms with van der Waals surface area (Å²) in [6, 6.07) is 16.5. The smallest absolute Gasteiger partial charge is 0.313 e. The van der Waals surface area contributed by atoms with Crippen molar-refractivity contribution in [2.24, 2.45) is 5.92 Å². The van der Waals surface area contributed by atoms with Gasteiger partial charge in [-0.1, -0.05) is 50.2 Å². The fourth-order valence-corrected chi connectivity index (χ4v) is 2.94. The standard InChI is InChI=1S/C21H23N3O2/c1-15(2)13-24-14-19(17-11-7-8-12-18(17)20(24)25)22-21(26)23(3)16-9-5-4-6-10-16/h4-12,14-15H,13H2,1-3H3,(H,22,26). The van der Waals surface area contributed by atoms with E-state index < -0.39 is 0 Å². The zero-order valence-electron chi connectivity index (χ0n) is 15.3. The molecule has 3 aromatic rings. The van der Waals surface area contributed by atoms with Crippen LogP contribution in [0.2, 0.25) is 0 Å². The van der Waals surface area contributed by atoms with E-state index in [1.807, 2.05) is 48.5 Å². The molecule has 134 valence electrons. The molecule has 0 saturated carbocycles. The van der Waals surface area contributed by atoms with Gasteiger partial charge in [0.15, 0.2) is 0 Å². The maximum atomic E-state index is 12.7. The van der Waals surface area contributed by atoms with Crippen LogP contribution in [0.3, 0.4) is 0 Å². The highest BCUT2D eigenvalue weighted by Crippen LogP contribution is 2.22. The minimum Gasteiger partial charge on any atom is -0.313 e. The number of amides is 2. The molecule has 2 amide bonds. The van der Waals surface area contributed by atoms with E-state index in [4.69, 9.17) is 0 Å². The molecule has 1 aromatic heterocycles. The lowest BCUT2D eigenvalue weighted by Crippen LogP contribution is -2.32. The number of nitrogens with zero attached hydrogens (tertiary/aromatic N) is 2. The number of fused-ring (bicyclic) bond motifs is 1. The van der Waals surface area contributed by atoms with Gasteiger partial charge < -0.3 is 9.88 Å². The summed E-state index contributed by atoms with van der Waals surface area (Å²) in [4.78, 5) is 26.9. The van der Waals surface area contributed by atoms with Crippen molar-refractivity contribution < 1.29 is 4.79 Å². The molecule has 3 rings (SSSR count). The van der Waals surface area contributed by atoms with Crippen LogP contribution in [0.1, 0.15) is 13.8 Å². The Labute approximate surface area is 152 Å². The summed E-state index contributed by atoms with van der Waals surface area (Å²) >= 11 is 0. The molecule has 0 aliphatic heterocycles. The molecule has 2 aromatic carbocycles. The highest BCUT2D eigenvalue weighted by atomic mass is 16.2. The monoisotopic (exact) mass is 349 g/mol. The van der Waals surface area contributed by atoms with Gasteiger partial charge in [-0.3, -0.25) is 9.69 Å². The maximum absolute atomic E-state index is 12.7. The van der Waals surface area contributed by atoms with Gasteiger partial charge >= 0.3 is 6.03 Å². The van der Waals surface area contributed by atoms with Crippen LogP contribution in [0.4, 0.5) is 16.2 Å². The SMILES string of the molecule is CC(C)Cn1cc(NC(=O)N(C)c2ccccc2)c2ccccc2c1=O. The van der Waals surface area contributed by atoms with Crippen LogP contribution in [0.5, 0.6) is 0 Å². The third kappa shape index (κ3) is 3.61. The molecule has 0 radical (unpaired) electrons. The molecule has 26 heavy (non-hydrogen) atoms. The zero-order valence-corrected chi connectivity index (χ0v) is 15.3. The number of benzene rings is 2. The quantitative estimate of drug-likeness (QED) is 0.762. The van der Waals surface area contributed by atoms with Gasteiger partial charge in [-0.15, -0.1) is 0 Å². The van der Waals surface area contributed by atoms with Crippen molar-refractivity contribution in [2.45, 2.75) is 20.4 Å². The number of hydrogen-bond donors (Lipinski definition) is 1. The first-order chi connectivity index (χ1) is 12.5. The number of anilines is 2. The lowest BCUT2D eigenvalue weighted by molar-refractivity contribution is 0.258. The van der Waals surface area contributed by atoms with Crippen LogP contribution in [0, 0.1) is 5.92 Å². The van der Waals surface area contributed by atoms with Crippen molar-refractivity contribution >= 4 is 28.2 Å². The fourth-order valence-electron chi connectivity index (χ4n) is 2.94. The maximum Gasteiger partial charge on any atom is 0.326 e. The molecule has 5 nitrogen and oxygen atoms in total. The van der Waals surface area contributed by atoms with Gasteiger partial charge in [-0.2, -0.15) is 0 Å². The van der Waals surface area contributed by atoms with Gasteiger partial charge in [-0.25, -0.2) is 4.79 Å². The summed E-state index contributed by atoms with van der Waals surface area (Å²) in [5.41, 5.74) is 1.39. The average Bonchev–Trinajstić information content (AvgIpc) is 2.65. The number of nitrogens with one attached hydrogen (secondary N) is 1. The van der Waals surface area contributed by atoms with E-state index in [1.165, 1.54) is 0 Å². The van der Waals surface area contributed by atoms with E-state index in [-0.39, 0.29) is 11.6 Å². The number of rotatable bonds is 4. The van der Waals surface area contributed by atoms with Crippen molar-refractivity contribution in [2.75, 3.05) is 17.3 Å². The summed E-state index contributed by atoms with van der Waals surface area (Å²) < 4.78 is 1.67. The Morgan fingerprint density at radius 2 is 1.65 bits per heavy atom. The lowest BCUT2D eigenvalue weighted by atomic mass is 10.1. The van der Waals surface area contributed by atoms with E-state index in [1.54, 1.807) is 28.8 Å². The van der Waals surface area contributed by atoms with Crippen molar-refractivity contribution in [3.63, 3.8) is 0 Å². The first kappa shape index (κ1) is 17.7. The van der Waals surface area contributed by atoms with Gasteiger partial charge in [0.25, 0.3) is 5.56 Å². The molecule has 0 spiro atoms. The summed E-state index contributed by atoms with van der Waals surface area (Å²) in [5, 5.41) is 4.30. The number of pyridine rings is 1. The normalized spacial score (nSPS) is 10.9. The molecule has 0 unspecified atom stereocenters. The third-order valence-electron chi connectivity index (χ3n) is 4.25. The van der Waals surface area contributed by atoms with Gasteiger partial charge in [0.1, 0.15) is 0 Å². The lowest BCUT2D eigenvalue weighted by Gasteiger charge is -2.20. The van der Waals surface area contributed by atoms with E-state index in [2.05, 4.69) is 19.2 Å². The Morgan fingerprint density at radius 3 is 2.31 bits per heavy atom. The van der Waals surface area contributed by atoms with Crippen molar-refractivity contribution in [1.82, 2.24) is 4.57 Å². The summed E-state index contributed by atoms with van der Waals surface area (Å²) in [5.74, 6) is 0.324. The summed E-state index contributed by atoms with van der Waals surface area (Å²) in [6.45, 7) is 4.72. The zero-order chi connectivity index (χ0) is 18.7. The van der Waals surface area contributed by atoms with Crippen molar-refractivity contribution in [3.05, 3.63) is 71.1 Å². The molecule has 1 N–H and O–H groups in total. The van der Waals surface area contributed by atoms with Gasteiger partial charge in [0, 0.05) is 36.2 Å². The van der Waals surface area contributed by atoms with Crippen LogP contribution < -0.4 is 15.8 Å². The highest BCUT2D eigenvalue weighted by Gasteiger charge is 2.15. The first-order valence-corrected chi connectivity index (χ1v) is 8.69. The van der Waals surface area contributed by atoms with Gasteiger partial charge in [0.05, 0.1) is 5.69 Å². The molecule has 1 heterocycles. The van der Waals surface area contributed by atoms with Crippen LogP contribution in [0.15, 0.2) is 65.6 Å². The molecule has 5 heteroatoms. The molecule has 0 fully saturated rings. The third-order valence-corrected chi connectivity index (χ3v) is 4.25. The Balaban J connectivity index is 2.00. The van der Waals surface area contributed by atoms with Crippen LogP contribution in [0.25, 0.3) is 10.8 Å². The number of carbonyl (C=O) groups excluding carboxylic acids is 1. The van der Waals surface area contributed by atoms with E-state index in [0.29, 0.717) is 23.5 Å². The van der Waals surface area contributed by atoms with Crippen molar-refractivity contribution in [3.8, 4) is 0 Å². The minimum absolute atomic E-state index is 0.0382. The second-order valence-corrected chi connectivity index (χ2v) is 6.76. The number of hydrogen-bond acceptors (Lipinski definition) is 2. The summed E-state index contributed by atoms with van der Waals surface area (Å²) in [6.07, 6.45) is 1.74.